The summed E-state index contributed by atoms with van der Waals surface area (Å²) >= 11 is 12.3. The molecule has 8 heteroatoms. The fraction of sp³-hybridized carbons (Fsp3) is 0.368. The van der Waals surface area contributed by atoms with Gasteiger partial charge in [0.15, 0.2) is 0 Å². The van der Waals surface area contributed by atoms with Gasteiger partial charge in [-0.25, -0.2) is 13.1 Å². The first-order chi connectivity index (χ1) is 12.9. The van der Waals surface area contributed by atoms with Crippen LogP contribution in [0.15, 0.2) is 47.4 Å². The highest BCUT2D eigenvalue weighted by molar-refractivity contribution is 7.89. The molecule has 0 aliphatic carbocycles. The normalized spacial score (nSPS) is 17.0. The zero-order chi connectivity index (χ0) is 19.4. The van der Waals surface area contributed by atoms with Crippen LogP contribution in [0.4, 0.5) is 0 Å². The minimum atomic E-state index is -3.73. The van der Waals surface area contributed by atoms with E-state index in [-0.39, 0.29) is 22.5 Å². The van der Waals surface area contributed by atoms with Gasteiger partial charge in [0.1, 0.15) is 4.90 Å². The van der Waals surface area contributed by atoms with Crippen molar-refractivity contribution in [2.75, 3.05) is 32.8 Å². The molecule has 0 spiro atoms. The first-order valence-electron chi connectivity index (χ1n) is 8.70. The van der Waals surface area contributed by atoms with E-state index in [4.69, 9.17) is 27.9 Å². The predicted octanol–water partition coefficient (Wildman–Crippen LogP) is 3.65. The third kappa shape index (κ3) is 5.22. The number of aryl methyl sites for hydroxylation is 1. The predicted molar refractivity (Wildman–Crippen MR) is 108 cm³/mol. The van der Waals surface area contributed by atoms with Crippen molar-refractivity contribution in [3.63, 3.8) is 0 Å². The minimum absolute atomic E-state index is 0.0848. The van der Waals surface area contributed by atoms with Gasteiger partial charge in [-0.15, -0.1) is 0 Å². The third-order valence-electron chi connectivity index (χ3n) is 4.56. The number of sulfonamides is 1. The number of nitrogens with one attached hydrogen (secondary N) is 1. The maximum absolute atomic E-state index is 12.8. The zero-order valence-electron chi connectivity index (χ0n) is 15.0. The summed E-state index contributed by atoms with van der Waals surface area (Å²) in [5.41, 5.74) is 1.87. The summed E-state index contributed by atoms with van der Waals surface area (Å²) in [5.74, 6) is 0. The molecule has 0 bridgehead atoms. The monoisotopic (exact) mass is 428 g/mol. The molecule has 1 heterocycles. The molecule has 1 aliphatic heterocycles. The van der Waals surface area contributed by atoms with Gasteiger partial charge in [0.05, 0.1) is 18.2 Å². The van der Waals surface area contributed by atoms with Crippen LogP contribution in [0.1, 0.15) is 17.2 Å². The van der Waals surface area contributed by atoms with Gasteiger partial charge in [0.2, 0.25) is 10.0 Å². The molecule has 1 unspecified atom stereocenters. The Hall–Kier alpha value is -1.15. The molecule has 1 atom stereocenters. The van der Waals surface area contributed by atoms with Crippen LogP contribution >= 0.6 is 23.2 Å². The van der Waals surface area contributed by atoms with Gasteiger partial charge in [0.25, 0.3) is 0 Å². The van der Waals surface area contributed by atoms with E-state index in [1.807, 2.05) is 25.1 Å². The molecule has 0 aromatic heterocycles. The highest BCUT2D eigenvalue weighted by Gasteiger charge is 2.26. The standard InChI is InChI=1S/C19H22Cl2N2O3S/c1-14-5-6-19(17(21)11-14)27(24,25)22-13-18(23-7-9-26-10-8-23)15-3-2-4-16(20)12-15/h2-6,11-12,18,22H,7-10,13H2,1H3. The molecule has 1 aliphatic rings. The lowest BCUT2D eigenvalue weighted by atomic mass is 10.1. The van der Waals surface area contributed by atoms with E-state index >= 15 is 0 Å². The average molecular weight is 429 g/mol. The summed E-state index contributed by atoms with van der Waals surface area (Å²) in [4.78, 5) is 2.29. The molecule has 0 amide bonds. The molecule has 1 fully saturated rings. The van der Waals surface area contributed by atoms with Gasteiger partial charge < -0.3 is 4.74 Å². The van der Waals surface area contributed by atoms with Gasteiger partial charge in [-0.3, -0.25) is 4.90 Å². The van der Waals surface area contributed by atoms with Crippen molar-refractivity contribution in [1.29, 1.82) is 0 Å². The van der Waals surface area contributed by atoms with E-state index in [0.717, 1.165) is 24.2 Å². The Morgan fingerprint density at radius 2 is 1.89 bits per heavy atom. The van der Waals surface area contributed by atoms with Gasteiger partial charge in [-0.1, -0.05) is 41.4 Å². The summed E-state index contributed by atoms with van der Waals surface area (Å²) in [6.07, 6.45) is 0. The molecule has 2 aromatic carbocycles. The van der Waals surface area contributed by atoms with E-state index in [2.05, 4.69) is 9.62 Å². The van der Waals surface area contributed by atoms with Crippen molar-refractivity contribution in [2.45, 2.75) is 17.9 Å². The van der Waals surface area contributed by atoms with Crippen molar-refractivity contribution in [2.24, 2.45) is 0 Å². The third-order valence-corrected chi connectivity index (χ3v) is 6.71. The molecule has 2 aromatic rings. The van der Waals surface area contributed by atoms with Crippen LogP contribution in [0.3, 0.4) is 0 Å². The Kier molecular flexibility index (Phi) is 6.78. The quantitative estimate of drug-likeness (QED) is 0.762. The Morgan fingerprint density at radius 1 is 1.15 bits per heavy atom. The lowest BCUT2D eigenvalue weighted by molar-refractivity contribution is 0.0172. The van der Waals surface area contributed by atoms with E-state index in [9.17, 15) is 8.42 Å². The minimum Gasteiger partial charge on any atom is -0.379 e. The molecular weight excluding hydrogens is 407 g/mol. The second kappa shape index (κ2) is 8.90. The molecule has 146 valence electrons. The van der Waals surface area contributed by atoms with Crippen LogP contribution in [0.2, 0.25) is 10.0 Å². The number of hydrogen-bond donors (Lipinski definition) is 1. The Balaban J connectivity index is 1.83. The molecular formula is C19H22Cl2N2O3S. The van der Waals surface area contributed by atoms with Crippen LogP contribution in [0.25, 0.3) is 0 Å². The van der Waals surface area contributed by atoms with E-state index in [1.54, 1.807) is 18.2 Å². The SMILES string of the molecule is Cc1ccc(S(=O)(=O)NCC(c2cccc(Cl)c2)N2CCOCC2)c(Cl)c1. The summed E-state index contributed by atoms with van der Waals surface area (Å²) in [5, 5.41) is 0.836. The van der Waals surface area contributed by atoms with Crippen LogP contribution in [0, 0.1) is 6.92 Å². The lowest BCUT2D eigenvalue weighted by Gasteiger charge is -2.35. The van der Waals surface area contributed by atoms with Gasteiger partial charge >= 0.3 is 0 Å². The Labute approximate surface area is 170 Å². The first kappa shape index (κ1) is 20.6. The number of benzene rings is 2. The number of halogens is 2. The number of morpholine rings is 1. The van der Waals surface area contributed by atoms with Crippen molar-refractivity contribution in [3.8, 4) is 0 Å². The van der Waals surface area contributed by atoms with Gasteiger partial charge in [-0.2, -0.15) is 0 Å². The molecule has 3 rings (SSSR count). The number of ether oxygens (including phenoxy) is 1. The fourth-order valence-corrected chi connectivity index (χ4v) is 4.99. The fourth-order valence-electron chi connectivity index (χ4n) is 3.15. The van der Waals surface area contributed by atoms with Crippen LogP contribution in [-0.2, 0) is 14.8 Å². The first-order valence-corrected chi connectivity index (χ1v) is 10.9. The second-order valence-electron chi connectivity index (χ2n) is 6.50. The number of hydrogen-bond acceptors (Lipinski definition) is 4. The van der Waals surface area contributed by atoms with Crippen molar-refractivity contribution in [1.82, 2.24) is 9.62 Å². The average Bonchev–Trinajstić information content (AvgIpc) is 2.62. The van der Waals surface area contributed by atoms with E-state index in [1.165, 1.54) is 6.07 Å². The number of rotatable bonds is 6. The Morgan fingerprint density at radius 3 is 2.56 bits per heavy atom. The van der Waals surface area contributed by atoms with Crippen molar-refractivity contribution >= 4 is 33.2 Å². The van der Waals surface area contributed by atoms with Crippen molar-refractivity contribution in [3.05, 3.63) is 63.6 Å². The highest BCUT2D eigenvalue weighted by Crippen LogP contribution is 2.26. The second-order valence-corrected chi connectivity index (χ2v) is 9.08. The van der Waals surface area contributed by atoms with Crippen molar-refractivity contribution < 1.29 is 13.2 Å². The zero-order valence-corrected chi connectivity index (χ0v) is 17.3. The van der Waals surface area contributed by atoms with Gasteiger partial charge in [0, 0.05) is 30.7 Å². The summed E-state index contributed by atoms with van der Waals surface area (Å²) in [6.45, 7) is 4.77. The summed E-state index contributed by atoms with van der Waals surface area (Å²) in [6, 6.07) is 12.3. The molecule has 27 heavy (non-hydrogen) atoms. The van der Waals surface area contributed by atoms with Crippen LogP contribution < -0.4 is 4.72 Å². The number of nitrogens with zero attached hydrogens (tertiary/aromatic N) is 1. The topological polar surface area (TPSA) is 58.6 Å². The van der Waals surface area contributed by atoms with Crippen LogP contribution in [0.5, 0.6) is 0 Å². The molecule has 0 saturated carbocycles. The Bertz CT molecular complexity index is 900. The molecule has 0 radical (unpaired) electrons. The lowest BCUT2D eigenvalue weighted by Crippen LogP contribution is -2.43. The molecule has 1 saturated heterocycles. The van der Waals surface area contributed by atoms with Crippen LogP contribution in [-0.4, -0.2) is 46.2 Å². The largest absolute Gasteiger partial charge is 0.379 e. The van der Waals surface area contributed by atoms with E-state index < -0.39 is 10.0 Å². The molecule has 1 N–H and O–H groups in total. The molecule has 5 nitrogen and oxygen atoms in total. The maximum Gasteiger partial charge on any atom is 0.242 e. The highest BCUT2D eigenvalue weighted by atomic mass is 35.5. The maximum atomic E-state index is 12.8. The van der Waals surface area contributed by atoms with Gasteiger partial charge in [-0.05, 0) is 42.3 Å². The smallest absolute Gasteiger partial charge is 0.242 e. The summed E-state index contributed by atoms with van der Waals surface area (Å²) in [7, 11) is -3.73. The summed E-state index contributed by atoms with van der Waals surface area (Å²) < 4.78 is 33.7. The van der Waals surface area contributed by atoms with E-state index in [0.29, 0.717) is 18.2 Å².